The predicted octanol–water partition coefficient (Wildman–Crippen LogP) is 4.60. The molecule has 2 aliphatic heterocycles. The molecule has 1 fully saturated rings. The smallest absolute Gasteiger partial charge is 0.273 e. The summed E-state index contributed by atoms with van der Waals surface area (Å²) in [6.45, 7) is 4.78. The molecule has 1 saturated heterocycles. The van der Waals surface area contributed by atoms with E-state index in [9.17, 15) is 18.3 Å². The summed E-state index contributed by atoms with van der Waals surface area (Å²) in [4.78, 5) is 15.3. The Labute approximate surface area is 226 Å². The molecule has 0 bridgehead atoms. The Balaban J connectivity index is 1.62. The van der Waals surface area contributed by atoms with Crippen LogP contribution in [0, 0.1) is 5.92 Å². The van der Waals surface area contributed by atoms with Crippen LogP contribution < -0.4 is 9.47 Å². The number of aromatic nitrogens is 2. The van der Waals surface area contributed by atoms with E-state index in [4.69, 9.17) is 21.1 Å². The molecule has 2 aliphatic rings. The number of fused-ring (bicyclic) bond motifs is 1. The minimum atomic E-state index is -3.27. The van der Waals surface area contributed by atoms with Gasteiger partial charge < -0.3 is 19.5 Å². The average molecular weight is 560 g/mol. The van der Waals surface area contributed by atoms with Crippen LogP contribution in [0.25, 0.3) is 11.3 Å². The van der Waals surface area contributed by atoms with Crippen LogP contribution in [0.2, 0.25) is 5.02 Å². The van der Waals surface area contributed by atoms with E-state index in [-0.39, 0.29) is 28.9 Å². The number of phenols is 1. The van der Waals surface area contributed by atoms with E-state index in [1.165, 1.54) is 6.07 Å². The zero-order valence-electron chi connectivity index (χ0n) is 21.4. The van der Waals surface area contributed by atoms with E-state index >= 15 is 0 Å². The van der Waals surface area contributed by atoms with Gasteiger partial charge in [0.1, 0.15) is 17.1 Å². The largest absolute Gasteiger partial charge is 0.507 e. The highest BCUT2D eigenvalue weighted by Gasteiger charge is 2.48. The summed E-state index contributed by atoms with van der Waals surface area (Å²) in [6.07, 6.45) is 1.23. The fourth-order valence-corrected chi connectivity index (χ4v) is 7.03. The van der Waals surface area contributed by atoms with Crippen LogP contribution in [0.15, 0.2) is 36.4 Å². The first-order valence-electron chi connectivity index (χ1n) is 12.5. The number of aromatic amines is 1. The third-order valence-corrected chi connectivity index (χ3v) is 9.06. The lowest BCUT2D eigenvalue weighted by atomic mass is 9.94. The Bertz CT molecular complexity index is 1490. The van der Waals surface area contributed by atoms with E-state index in [0.29, 0.717) is 57.9 Å². The zero-order chi connectivity index (χ0) is 27.2. The van der Waals surface area contributed by atoms with E-state index in [2.05, 4.69) is 24.0 Å². The van der Waals surface area contributed by atoms with Crippen LogP contribution in [0.5, 0.6) is 17.2 Å². The van der Waals surface area contributed by atoms with Gasteiger partial charge >= 0.3 is 0 Å². The van der Waals surface area contributed by atoms with E-state index in [1.807, 2.05) is 12.1 Å². The van der Waals surface area contributed by atoms with Crippen molar-refractivity contribution in [2.24, 2.45) is 5.92 Å². The normalized spacial score (nSPS) is 20.2. The zero-order valence-corrected chi connectivity index (χ0v) is 23.0. The number of phenolic OH excluding ortho intramolecular Hbond substituents is 1. The first-order valence-corrected chi connectivity index (χ1v) is 14.7. The molecule has 1 aromatic heterocycles. The molecule has 0 spiro atoms. The number of amides is 1. The first-order chi connectivity index (χ1) is 18.1. The van der Waals surface area contributed by atoms with Crippen LogP contribution in [-0.2, 0) is 9.84 Å². The molecule has 1 amide bonds. The van der Waals surface area contributed by atoms with Crippen molar-refractivity contribution in [1.82, 2.24) is 15.1 Å². The van der Waals surface area contributed by atoms with Crippen molar-refractivity contribution < 1.29 is 27.8 Å². The van der Waals surface area contributed by atoms with Gasteiger partial charge in [0.25, 0.3) is 5.91 Å². The summed E-state index contributed by atoms with van der Waals surface area (Å²) in [5, 5.41) is 18.2. The molecule has 0 radical (unpaired) electrons. The summed E-state index contributed by atoms with van der Waals surface area (Å²) in [5.74, 6) is 1.10. The Morgan fingerprint density at radius 1 is 1.21 bits per heavy atom. The van der Waals surface area contributed by atoms with Crippen molar-refractivity contribution in [1.29, 1.82) is 0 Å². The number of carbonyl (C=O) groups is 1. The third kappa shape index (κ3) is 4.82. The number of carbonyl (C=O) groups excluding carboxylic acids is 1. The number of halogens is 1. The quantitative estimate of drug-likeness (QED) is 0.413. The van der Waals surface area contributed by atoms with Gasteiger partial charge in [0.15, 0.2) is 21.3 Å². The van der Waals surface area contributed by atoms with Gasteiger partial charge in [-0.15, -0.1) is 0 Å². The van der Waals surface area contributed by atoms with Crippen molar-refractivity contribution in [3.63, 3.8) is 0 Å². The number of ether oxygens (including phenoxy) is 2. The van der Waals surface area contributed by atoms with Crippen molar-refractivity contribution in [3.05, 3.63) is 58.2 Å². The molecule has 2 atom stereocenters. The molecular weight excluding hydrogens is 530 g/mol. The number of aromatic hydroxyl groups is 1. The van der Waals surface area contributed by atoms with Gasteiger partial charge in [-0.05, 0) is 54.7 Å². The number of nitrogens with zero attached hydrogens (tertiary/aromatic N) is 2. The molecule has 2 N–H and O–H groups in total. The lowest BCUT2D eigenvalue weighted by Gasteiger charge is -2.31. The Morgan fingerprint density at radius 3 is 2.68 bits per heavy atom. The molecule has 3 heterocycles. The molecule has 2 unspecified atom stereocenters. The second-order valence-corrected chi connectivity index (χ2v) is 12.8. The van der Waals surface area contributed by atoms with Gasteiger partial charge in [0, 0.05) is 22.2 Å². The lowest BCUT2D eigenvalue weighted by molar-refractivity contribution is 0.0677. The van der Waals surface area contributed by atoms with Crippen LogP contribution >= 0.6 is 11.6 Å². The number of methoxy groups -OCH3 is 1. The minimum Gasteiger partial charge on any atom is -0.507 e. The maximum Gasteiger partial charge on any atom is 0.273 e. The number of hydrogen-bond donors (Lipinski definition) is 2. The fraction of sp³-hybridized carbons (Fsp3) is 0.407. The van der Waals surface area contributed by atoms with Gasteiger partial charge in [-0.25, -0.2) is 8.42 Å². The Kier molecular flexibility index (Phi) is 7.04. The second-order valence-electron chi connectivity index (χ2n) is 10.1. The van der Waals surface area contributed by atoms with Crippen molar-refractivity contribution in [2.75, 3.05) is 25.2 Å². The number of rotatable bonds is 8. The molecule has 38 heavy (non-hydrogen) atoms. The third-order valence-electron chi connectivity index (χ3n) is 7.08. The van der Waals surface area contributed by atoms with Crippen LogP contribution in [0.3, 0.4) is 0 Å². The molecule has 0 aliphatic carbocycles. The highest BCUT2D eigenvalue weighted by Crippen LogP contribution is 2.48. The SMILES string of the molecule is COc1cc(C2c3c(-c4cc(Cl)ccc4O)n[nH]c3C(=O)N2C2CCS(=O)(=O)C2)ccc1OCCC(C)C. The minimum absolute atomic E-state index is 0.0221. The number of benzene rings is 2. The first kappa shape index (κ1) is 26.4. The van der Waals surface area contributed by atoms with E-state index in [0.717, 1.165) is 6.42 Å². The highest BCUT2D eigenvalue weighted by molar-refractivity contribution is 7.91. The van der Waals surface area contributed by atoms with Crippen LogP contribution in [0.4, 0.5) is 0 Å². The van der Waals surface area contributed by atoms with Gasteiger partial charge in [0.05, 0.1) is 31.3 Å². The molecule has 2 aromatic carbocycles. The molecule has 5 rings (SSSR count). The summed E-state index contributed by atoms with van der Waals surface area (Å²) in [6, 6.07) is 8.91. The van der Waals surface area contributed by atoms with Crippen molar-refractivity contribution in [2.45, 2.75) is 38.8 Å². The Hall–Kier alpha value is -3.24. The van der Waals surface area contributed by atoms with Crippen molar-refractivity contribution in [3.8, 4) is 28.5 Å². The predicted molar refractivity (Wildman–Crippen MR) is 144 cm³/mol. The summed E-state index contributed by atoms with van der Waals surface area (Å²) >= 11 is 6.22. The second kappa shape index (κ2) is 10.1. The molecule has 11 heteroatoms. The molecular formula is C27H30ClN3O6S. The molecule has 0 saturated carbocycles. The maximum atomic E-state index is 13.7. The maximum absolute atomic E-state index is 13.7. The van der Waals surface area contributed by atoms with Gasteiger partial charge in [-0.1, -0.05) is 31.5 Å². The summed E-state index contributed by atoms with van der Waals surface area (Å²) in [7, 11) is -1.72. The number of sulfone groups is 1. The van der Waals surface area contributed by atoms with Gasteiger partial charge in [-0.2, -0.15) is 5.10 Å². The summed E-state index contributed by atoms with van der Waals surface area (Å²) in [5.41, 5.74) is 2.25. The van der Waals surface area contributed by atoms with Crippen LogP contribution in [-0.4, -0.2) is 65.8 Å². The Morgan fingerprint density at radius 2 is 2.00 bits per heavy atom. The number of H-pyrrole nitrogens is 1. The summed E-state index contributed by atoms with van der Waals surface area (Å²) < 4.78 is 36.4. The number of nitrogens with one attached hydrogen (secondary N) is 1. The molecule has 9 nitrogen and oxygen atoms in total. The standard InChI is InChI=1S/C27H30ClN3O6S/c1-15(2)8-10-37-21-7-4-16(12-22(21)36-3)26-23-24(19-13-17(28)5-6-20(19)32)29-30-25(23)27(33)31(26)18-9-11-38(34,35)14-18/h4-7,12-13,15,18,26,32H,8-11,14H2,1-3H3,(H,29,30). The monoisotopic (exact) mass is 559 g/mol. The fourth-order valence-electron chi connectivity index (χ4n) is 5.15. The van der Waals surface area contributed by atoms with Crippen LogP contribution in [0.1, 0.15) is 54.3 Å². The lowest BCUT2D eigenvalue weighted by Crippen LogP contribution is -2.40. The van der Waals surface area contributed by atoms with Gasteiger partial charge in [-0.3, -0.25) is 9.89 Å². The molecule has 202 valence electrons. The average Bonchev–Trinajstić information content (AvgIpc) is 3.53. The van der Waals surface area contributed by atoms with E-state index in [1.54, 1.807) is 30.2 Å². The van der Waals surface area contributed by atoms with Crippen molar-refractivity contribution >= 4 is 27.3 Å². The van der Waals surface area contributed by atoms with Gasteiger partial charge in [0.2, 0.25) is 0 Å². The number of hydrogen-bond acceptors (Lipinski definition) is 7. The van der Waals surface area contributed by atoms with E-state index < -0.39 is 21.9 Å². The highest BCUT2D eigenvalue weighted by atomic mass is 35.5. The molecule has 3 aromatic rings. The topological polar surface area (TPSA) is 122 Å².